The lowest BCUT2D eigenvalue weighted by atomic mass is 9.74. The Kier molecular flexibility index (Phi) is 7.45. The zero-order valence-corrected chi connectivity index (χ0v) is 17.6. The van der Waals surface area contributed by atoms with Gasteiger partial charge in [-0.1, -0.05) is 65.0 Å². The van der Waals surface area contributed by atoms with E-state index in [0.717, 1.165) is 7.11 Å². The number of esters is 2. The van der Waals surface area contributed by atoms with Crippen molar-refractivity contribution in [3.63, 3.8) is 0 Å². The number of alkyl halides is 1. The molecule has 0 saturated carbocycles. The Bertz CT molecular complexity index is 911. The summed E-state index contributed by atoms with van der Waals surface area (Å²) in [6.45, 7) is 4.97. The van der Waals surface area contributed by atoms with Crippen molar-refractivity contribution in [1.82, 2.24) is 0 Å². The standard InChI is InChI=1S/C22H20BrFO5/c1-4-29-21(27)22(24,19(25)16-10-12-17(23)13-11-16)18(14(2)20(26)28-3)15-8-6-5-7-9-15/h5-13,18H,2,4H2,1,3H3. The second kappa shape index (κ2) is 9.60. The summed E-state index contributed by atoms with van der Waals surface area (Å²) in [4.78, 5) is 38.2. The number of hydrogen-bond donors (Lipinski definition) is 0. The predicted octanol–water partition coefficient (Wildman–Crippen LogP) is 4.42. The molecule has 0 aliphatic rings. The first kappa shape index (κ1) is 22.5. The minimum absolute atomic E-state index is 0.0534. The lowest BCUT2D eigenvalue weighted by molar-refractivity contribution is -0.155. The third-order valence-corrected chi connectivity index (χ3v) is 4.86. The van der Waals surface area contributed by atoms with Crippen molar-refractivity contribution >= 4 is 33.7 Å². The van der Waals surface area contributed by atoms with Crippen LogP contribution in [0.15, 0.2) is 71.2 Å². The van der Waals surface area contributed by atoms with Gasteiger partial charge >= 0.3 is 11.9 Å². The van der Waals surface area contributed by atoms with Crippen molar-refractivity contribution in [3.8, 4) is 0 Å². The van der Waals surface area contributed by atoms with E-state index in [1.165, 1.54) is 31.2 Å². The average molecular weight is 463 g/mol. The highest BCUT2D eigenvalue weighted by atomic mass is 79.9. The number of methoxy groups -OCH3 is 1. The molecule has 0 amide bonds. The maximum Gasteiger partial charge on any atom is 0.353 e. The van der Waals surface area contributed by atoms with Gasteiger partial charge in [-0.05, 0) is 24.6 Å². The van der Waals surface area contributed by atoms with Gasteiger partial charge in [0, 0.05) is 15.6 Å². The summed E-state index contributed by atoms with van der Waals surface area (Å²) >= 11 is 3.24. The fraction of sp³-hybridized carbons (Fsp3) is 0.227. The van der Waals surface area contributed by atoms with Gasteiger partial charge in [-0.3, -0.25) is 4.79 Å². The molecule has 0 aliphatic carbocycles. The van der Waals surface area contributed by atoms with Crippen LogP contribution in [0.25, 0.3) is 0 Å². The number of benzene rings is 2. The van der Waals surface area contributed by atoms with Crippen LogP contribution in [0.5, 0.6) is 0 Å². The summed E-state index contributed by atoms with van der Waals surface area (Å²) in [6, 6.07) is 13.7. The van der Waals surface area contributed by atoms with Crippen LogP contribution in [0.2, 0.25) is 0 Å². The molecule has 0 fully saturated rings. The molecule has 29 heavy (non-hydrogen) atoms. The normalized spacial score (nSPS) is 13.7. The number of ether oxygens (including phenoxy) is 2. The number of ketones is 1. The molecule has 0 spiro atoms. The van der Waals surface area contributed by atoms with E-state index in [1.54, 1.807) is 30.3 Å². The van der Waals surface area contributed by atoms with Gasteiger partial charge in [-0.2, -0.15) is 0 Å². The van der Waals surface area contributed by atoms with Crippen LogP contribution in [0.3, 0.4) is 0 Å². The Balaban J connectivity index is 2.72. The van der Waals surface area contributed by atoms with Crippen LogP contribution in [0.1, 0.15) is 28.8 Å². The van der Waals surface area contributed by atoms with E-state index in [9.17, 15) is 14.4 Å². The molecule has 0 heterocycles. The summed E-state index contributed by atoms with van der Waals surface area (Å²) in [6.07, 6.45) is 0. The molecule has 0 aliphatic heterocycles. The summed E-state index contributed by atoms with van der Waals surface area (Å²) in [7, 11) is 1.11. The molecule has 5 nitrogen and oxygen atoms in total. The van der Waals surface area contributed by atoms with E-state index in [4.69, 9.17) is 4.74 Å². The Labute approximate surface area is 176 Å². The molecule has 2 aromatic carbocycles. The van der Waals surface area contributed by atoms with Crippen LogP contribution in [-0.2, 0) is 19.1 Å². The van der Waals surface area contributed by atoms with Crippen LogP contribution >= 0.6 is 15.9 Å². The average Bonchev–Trinajstić information content (AvgIpc) is 2.74. The zero-order chi connectivity index (χ0) is 21.6. The molecule has 0 radical (unpaired) electrons. The quantitative estimate of drug-likeness (QED) is 0.251. The van der Waals surface area contributed by atoms with Crippen molar-refractivity contribution in [1.29, 1.82) is 0 Å². The summed E-state index contributed by atoms with van der Waals surface area (Å²) in [5, 5.41) is 0. The van der Waals surface area contributed by atoms with Gasteiger partial charge in [0.05, 0.1) is 19.6 Å². The van der Waals surface area contributed by atoms with Crippen LogP contribution in [-0.4, -0.2) is 37.1 Å². The van der Waals surface area contributed by atoms with E-state index in [0.29, 0.717) is 4.47 Å². The lowest BCUT2D eigenvalue weighted by Crippen LogP contribution is -2.50. The highest BCUT2D eigenvalue weighted by Gasteiger charge is 2.57. The molecule has 2 aromatic rings. The predicted molar refractivity (Wildman–Crippen MR) is 109 cm³/mol. The Morgan fingerprint density at radius 3 is 2.21 bits per heavy atom. The first-order valence-electron chi connectivity index (χ1n) is 8.75. The van der Waals surface area contributed by atoms with E-state index in [1.807, 2.05) is 0 Å². The number of halogens is 2. The van der Waals surface area contributed by atoms with Gasteiger partial charge in [0.25, 0.3) is 5.67 Å². The topological polar surface area (TPSA) is 69.7 Å². The molecule has 0 saturated heterocycles. The second-order valence-corrected chi connectivity index (χ2v) is 7.04. The van der Waals surface area contributed by atoms with Crippen molar-refractivity contribution in [2.45, 2.75) is 18.5 Å². The first-order chi connectivity index (χ1) is 13.8. The van der Waals surface area contributed by atoms with E-state index >= 15 is 4.39 Å². The van der Waals surface area contributed by atoms with Crippen molar-refractivity contribution < 1.29 is 28.2 Å². The SMILES string of the molecule is C=C(C(=O)OC)C(c1ccccc1)C(F)(C(=O)OCC)C(=O)c1ccc(Br)cc1. The first-order valence-corrected chi connectivity index (χ1v) is 9.55. The molecule has 2 unspecified atom stereocenters. The number of hydrogen-bond acceptors (Lipinski definition) is 5. The van der Waals surface area contributed by atoms with E-state index in [2.05, 4.69) is 27.2 Å². The Morgan fingerprint density at radius 2 is 1.69 bits per heavy atom. The smallest absolute Gasteiger partial charge is 0.353 e. The van der Waals surface area contributed by atoms with Crippen LogP contribution in [0.4, 0.5) is 4.39 Å². The largest absolute Gasteiger partial charge is 0.466 e. The van der Waals surface area contributed by atoms with Crippen molar-refractivity contribution in [2.24, 2.45) is 0 Å². The molecular weight excluding hydrogens is 443 g/mol. The molecule has 2 atom stereocenters. The fourth-order valence-electron chi connectivity index (χ4n) is 2.95. The molecule has 7 heteroatoms. The molecule has 0 aromatic heterocycles. The highest BCUT2D eigenvalue weighted by molar-refractivity contribution is 9.10. The number of carbonyl (C=O) groups is 3. The van der Waals surface area contributed by atoms with Gasteiger partial charge in [0.1, 0.15) is 0 Å². The zero-order valence-electron chi connectivity index (χ0n) is 16.0. The van der Waals surface area contributed by atoms with Gasteiger partial charge in [-0.25, -0.2) is 14.0 Å². The Hall–Kier alpha value is -2.80. The lowest BCUT2D eigenvalue weighted by Gasteiger charge is -2.31. The monoisotopic (exact) mass is 462 g/mol. The Morgan fingerprint density at radius 1 is 1.10 bits per heavy atom. The fourth-order valence-corrected chi connectivity index (χ4v) is 3.22. The molecule has 2 rings (SSSR count). The van der Waals surface area contributed by atoms with Gasteiger partial charge < -0.3 is 9.47 Å². The minimum atomic E-state index is -3.23. The molecule has 0 N–H and O–H groups in total. The van der Waals surface area contributed by atoms with Gasteiger partial charge in [-0.15, -0.1) is 0 Å². The van der Waals surface area contributed by atoms with Crippen molar-refractivity contribution in [2.75, 3.05) is 13.7 Å². The van der Waals surface area contributed by atoms with Crippen LogP contribution in [0, 0.1) is 0 Å². The highest BCUT2D eigenvalue weighted by Crippen LogP contribution is 2.41. The van der Waals surface area contributed by atoms with Gasteiger partial charge in [0.15, 0.2) is 0 Å². The molecule has 0 bridgehead atoms. The van der Waals surface area contributed by atoms with Crippen LogP contribution < -0.4 is 0 Å². The molecule has 152 valence electrons. The number of rotatable bonds is 8. The van der Waals surface area contributed by atoms with Gasteiger partial charge in [0.2, 0.25) is 5.78 Å². The summed E-state index contributed by atoms with van der Waals surface area (Å²) < 4.78 is 26.8. The maximum atomic E-state index is 16.5. The summed E-state index contributed by atoms with van der Waals surface area (Å²) in [5.74, 6) is -5.10. The number of Topliss-reactive ketones (excluding diaryl/α,β-unsaturated/α-hetero) is 1. The third-order valence-electron chi connectivity index (χ3n) is 4.34. The van der Waals surface area contributed by atoms with E-state index in [-0.39, 0.29) is 23.3 Å². The minimum Gasteiger partial charge on any atom is -0.466 e. The number of carbonyl (C=O) groups excluding carboxylic acids is 3. The second-order valence-electron chi connectivity index (χ2n) is 6.13. The van der Waals surface area contributed by atoms with Crippen molar-refractivity contribution in [3.05, 3.63) is 82.3 Å². The molecular formula is C22H20BrFO5. The summed E-state index contributed by atoms with van der Waals surface area (Å²) in [5.41, 5.74) is -3.44. The third kappa shape index (κ3) is 4.62. The van der Waals surface area contributed by atoms with E-state index < -0.39 is 29.3 Å². The maximum absolute atomic E-state index is 16.5.